The van der Waals surface area contributed by atoms with Crippen molar-refractivity contribution in [3.05, 3.63) is 76.0 Å². The third-order valence-electron chi connectivity index (χ3n) is 8.13. The van der Waals surface area contributed by atoms with Crippen LogP contribution in [0.25, 0.3) is 11.1 Å². The van der Waals surface area contributed by atoms with E-state index < -0.39 is 23.7 Å². The van der Waals surface area contributed by atoms with Crippen LogP contribution in [0.1, 0.15) is 67.9 Å². The van der Waals surface area contributed by atoms with Crippen molar-refractivity contribution >= 4 is 34.9 Å². The highest BCUT2D eigenvalue weighted by molar-refractivity contribution is 7.08. The van der Waals surface area contributed by atoms with Gasteiger partial charge >= 0.3 is 12.2 Å². The van der Waals surface area contributed by atoms with Gasteiger partial charge in [-0.15, -0.1) is 5.10 Å². The summed E-state index contributed by atoms with van der Waals surface area (Å²) in [5.41, 5.74) is 1.56. The number of amides is 3. The molecule has 0 bridgehead atoms. The molecule has 2 heterocycles. The summed E-state index contributed by atoms with van der Waals surface area (Å²) >= 11 is 1.39. The molecule has 2 aromatic heterocycles. The van der Waals surface area contributed by atoms with Crippen molar-refractivity contribution < 1.29 is 22.8 Å². The van der Waals surface area contributed by atoms with Crippen LogP contribution < -0.4 is 10.6 Å². The minimum absolute atomic E-state index is 0.0459. The highest BCUT2D eigenvalue weighted by Gasteiger charge is 2.35. The number of nitrogens with one attached hydrogen (secondary N) is 3. The van der Waals surface area contributed by atoms with Crippen LogP contribution in [0.3, 0.4) is 0 Å². The molecule has 0 saturated heterocycles. The Morgan fingerprint density at radius 3 is 2.30 bits per heavy atom. The monoisotopic (exact) mass is 625 g/mol. The van der Waals surface area contributed by atoms with Crippen molar-refractivity contribution in [1.82, 2.24) is 25.5 Å². The summed E-state index contributed by atoms with van der Waals surface area (Å²) in [6.45, 7) is 6.88. The van der Waals surface area contributed by atoms with Crippen molar-refractivity contribution in [3.8, 4) is 11.1 Å². The summed E-state index contributed by atoms with van der Waals surface area (Å²) < 4.78 is 41.5. The maximum Gasteiger partial charge on any atom is 0.416 e. The molecule has 0 aliphatic heterocycles. The number of rotatable bonds is 7. The van der Waals surface area contributed by atoms with Crippen molar-refractivity contribution in [2.75, 3.05) is 10.6 Å². The van der Waals surface area contributed by atoms with Crippen molar-refractivity contribution in [1.29, 1.82) is 0 Å². The van der Waals surface area contributed by atoms with E-state index in [0.717, 1.165) is 43.4 Å². The van der Waals surface area contributed by atoms with Gasteiger partial charge in [-0.05, 0) is 106 Å². The first-order valence-corrected chi connectivity index (χ1v) is 15.3. The number of hydrogen-bond donors (Lipinski definition) is 3. The fourth-order valence-electron chi connectivity index (χ4n) is 5.62. The lowest BCUT2D eigenvalue weighted by Crippen LogP contribution is -2.45. The molecule has 2 aromatic carbocycles. The molecule has 3 N–H and O–H groups in total. The summed E-state index contributed by atoms with van der Waals surface area (Å²) in [7, 11) is 0. The number of hydrogen-bond acceptors (Lipinski definition) is 6. The lowest BCUT2D eigenvalue weighted by Gasteiger charge is -2.41. The van der Waals surface area contributed by atoms with Gasteiger partial charge in [0.05, 0.1) is 5.56 Å². The molecule has 1 aliphatic rings. The van der Waals surface area contributed by atoms with E-state index in [9.17, 15) is 22.8 Å². The highest BCUT2D eigenvalue weighted by Crippen LogP contribution is 2.40. The zero-order valence-corrected chi connectivity index (χ0v) is 25.4. The molecule has 0 radical (unpaired) electrons. The highest BCUT2D eigenvalue weighted by atomic mass is 32.1. The van der Waals surface area contributed by atoms with Gasteiger partial charge in [-0.2, -0.15) is 29.7 Å². The molecule has 44 heavy (non-hydrogen) atoms. The molecule has 3 amide bonds. The van der Waals surface area contributed by atoms with Gasteiger partial charge in [0, 0.05) is 23.8 Å². The van der Waals surface area contributed by atoms with Crippen LogP contribution in [0.4, 0.5) is 29.6 Å². The van der Waals surface area contributed by atoms with Gasteiger partial charge in [0.25, 0.3) is 11.9 Å². The Kier molecular flexibility index (Phi) is 9.05. The number of halogens is 3. The number of anilines is 2. The lowest BCUT2D eigenvalue weighted by molar-refractivity contribution is -0.137. The average molecular weight is 626 g/mol. The summed E-state index contributed by atoms with van der Waals surface area (Å²) in [5.74, 6) is 0.140. The normalized spacial score (nSPS) is 17.2. The molecule has 9 nitrogen and oxygen atoms in total. The van der Waals surface area contributed by atoms with Crippen molar-refractivity contribution in [2.45, 2.75) is 65.2 Å². The standard InChI is InChI=1S/C31H34F3N7O2S/c1-30(2,3)23-8-10-26(11-9-23)41(17-19-4-6-20(7-5-19)27(42)36-28-37-39-40-38-28)29(43)35-25-15-22(21-12-13-44-18-21)14-24(16-25)31(32,33)34/h4-7,12-16,18,23,26H,8-11,17H2,1-3H3,(H,35,43)(H2,36,37,38,39,40,42). The topological polar surface area (TPSA) is 116 Å². The smallest absolute Gasteiger partial charge is 0.317 e. The number of alkyl halides is 3. The maximum absolute atomic E-state index is 13.9. The number of carbonyl (C=O) groups excluding carboxylic acids is 2. The Balaban J connectivity index is 1.38. The van der Waals surface area contributed by atoms with Crippen LogP contribution in [-0.2, 0) is 12.7 Å². The Morgan fingerprint density at radius 2 is 1.70 bits per heavy atom. The van der Waals surface area contributed by atoms with E-state index in [2.05, 4.69) is 52.0 Å². The number of tetrazole rings is 1. The van der Waals surface area contributed by atoms with Crippen LogP contribution in [0.2, 0.25) is 0 Å². The van der Waals surface area contributed by atoms with Crippen molar-refractivity contribution in [3.63, 3.8) is 0 Å². The molecule has 13 heteroatoms. The van der Waals surface area contributed by atoms with E-state index in [-0.39, 0.29) is 29.6 Å². The van der Waals surface area contributed by atoms with E-state index >= 15 is 0 Å². The predicted octanol–water partition coefficient (Wildman–Crippen LogP) is 7.84. The molecule has 5 rings (SSSR count). The van der Waals surface area contributed by atoms with Gasteiger partial charge in [0.15, 0.2) is 0 Å². The number of aromatic nitrogens is 4. The first kappa shape index (κ1) is 31.2. The van der Waals surface area contributed by atoms with Crippen LogP contribution >= 0.6 is 11.3 Å². The van der Waals surface area contributed by atoms with Gasteiger partial charge in [0.2, 0.25) is 0 Å². The number of benzene rings is 2. The summed E-state index contributed by atoms with van der Waals surface area (Å²) in [6, 6.07) is 11.6. The molecule has 1 saturated carbocycles. The van der Waals surface area contributed by atoms with Crippen LogP contribution in [0, 0.1) is 11.3 Å². The molecule has 232 valence electrons. The SMILES string of the molecule is CC(C)(C)C1CCC(N(Cc2ccc(C(=O)Nc3nn[nH]n3)cc2)C(=O)Nc2cc(-c3ccsc3)cc(C(F)(F)F)c2)CC1. The van der Waals surface area contributed by atoms with Crippen LogP contribution in [0.5, 0.6) is 0 Å². The number of nitrogens with zero attached hydrogens (tertiary/aromatic N) is 4. The second-order valence-electron chi connectivity index (χ2n) is 12.1. The third-order valence-corrected chi connectivity index (χ3v) is 8.81. The molecule has 0 unspecified atom stereocenters. The fourth-order valence-corrected chi connectivity index (χ4v) is 6.29. The summed E-state index contributed by atoms with van der Waals surface area (Å²) in [4.78, 5) is 28.1. The van der Waals surface area contributed by atoms with Gasteiger partial charge in [-0.1, -0.05) is 38.0 Å². The number of aromatic amines is 1. The first-order valence-electron chi connectivity index (χ1n) is 14.3. The number of carbonyl (C=O) groups is 2. The second kappa shape index (κ2) is 12.8. The van der Waals surface area contributed by atoms with Crippen molar-refractivity contribution in [2.24, 2.45) is 11.3 Å². The van der Waals surface area contributed by atoms with Gasteiger partial charge in [-0.25, -0.2) is 4.79 Å². The molecule has 4 aromatic rings. The van der Waals surface area contributed by atoms with Gasteiger partial charge < -0.3 is 10.2 Å². The molecule has 0 spiro atoms. The predicted molar refractivity (Wildman–Crippen MR) is 163 cm³/mol. The Bertz CT molecular complexity index is 1560. The minimum Gasteiger partial charge on any atom is -0.317 e. The van der Waals surface area contributed by atoms with E-state index in [1.165, 1.54) is 11.3 Å². The first-order chi connectivity index (χ1) is 20.9. The molecular formula is C31H34F3N7O2S. The summed E-state index contributed by atoms with van der Waals surface area (Å²) in [5, 5.41) is 22.0. The Hall–Kier alpha value is -4.26. The summed E-state index contributed by atoms with van der Waals surface area (Å²) in [6.07, 6.45) is -1.13. The molecule has 1 fully saturated rings. The maximum atomic E-state index is 13.9. The van der Waals surface area contributed by atoms with E-state index in [1.54, 1.807) is 52.1 Å². The van der Waals surface area contributed by atoms with Crippen LogP contribution in [-0.4, -0.2) is 43.5 Å². The van der Waals surface area contributed by atoms with E-state index in [1.807, 2.05) is 0 Å². The number of H-pyrrole nitrogens is 1. The Morgan fingerprint density at radius 1 is 0.977 bits per heavy atom. The van der Waals surface area contributed by atoms with E-state index in [0.29, 0.717) is 22.6 Å². The quantitative estimate of drug-likeness (QED) is 0.194. The largest absolute Gasteiger partial charge is 0.416 e. The Labute approximate surface area is 257 Å². The van der Waals surface area contributed by atoms with E-state index in [4.69, 9.17) is 0 Å². The second-order valence-corrected chi connectivity index (χ2v) is 12.9. The van der Waals surface area contributed by atoms with Gasteiger partial charge in [-0.3, -0.25) is 10.1 Å². The zero-order chi connectivity index (χ0) is 31.5. The molecule has 1 aliphatic carbocycles. The number of urea groups is 1. The third kappa shape index (κ3) is 7.62. The minimum atomic E-state index is -4.58. The average Bonchev–Trinajstić information content (AvgIpc) is 3.70. The van der Waals surface area contributed by atoms with Gasteiger partial charge in [0.1, 0.15) is 0 Å². The van der Waals surface area contributed by atoms with Crippen LogP contribution in [0.15, 0.2) is 59.3 Å². The zero-order valence-electron chi connectivity index (χ0n) is 24.6. The molecular weight excluding hydrogens is 591 g/mol. The molecule has 0 atom stereocenters. The number of thiophene rings is 1. The lowest BCUT2D eigenvalue weighted by atomic mass is 9.71. The fraction of sp³-hybridized carbons (Fsp3) is 0.387.